The van der Waals surface area contributed by atoms with Gasteiger partial charge in [-0.25, -0.2) is 6.57 Å². The number of ether oxygens (including phenoxy) is 1. The van der Waals surface area contributed by atoms with Crippen LogP contribution in [0.4, 0.5) is 0 Å². The Balaban J connectivity index is 0.000000418. The molecule has 11 saturated heterocycles. The normalized spacial score (nSPS) is 22.5. The summed E-state index contributed by atoms with van der Waals surface area (Å²) in [6.07, 6.45) is 27.6. The fourth-order valence-corrected chi connectivity index (χ4v) is 20.1. The van der Waals surface area contributed by atoms with Crippen LogP contribution in [0, 0.1) is 82.9 Å². The van der Waals surface area contributed by atoms with Crippen LogP contribution in [0.25, 0.3) is 4.85 Å². The Morgan fingerprint density at radius 2 is 0.651 bits per heavy atom. The van der Waals surface area contributed by atoms with Crippen molar-refractivity contribution in [1.82, 2.24) is 58.8 Å². The van der Waals surface area contributed by atoms with E-state index in [2.05, 4.69) is 325 Å². The summed E-state index contributed by atoms with van der Waals surface area (Å²) in [5.41, 5.74) is 0.632. The molecular weight excluding hydrogens is 1820 g/mol. The summed E-state index contributed by atoms with van der Waals surface area (Å²) >= 11 is 0. The summed E-state index contributed by atoms with van der Waals surface area (Å²) in [7, 11) is 0. The van der Waals surface area contributed by atoms with Gasteiger partial charge in [0.2, 0.25) is 59.1 Å². The van der Waals surface area contributed by atoms with Gasteiger partial charge < -0.3 is 58.6 Å². The summed E-state index contributed by atoms with van der Waals surface area (Å²) < 4.78 is 5.34. The summed E-state index contributed by atoms with van der Waals surface area (Å²) in [5, 5.41) is 0. The number of rotatable bonds is 14. The monoisotopic (exact) mass is 2050 g/mol. The van der Waals surface area contributed by atoms with Crippen molar-refractivity contribution >= 4 is 59.1 Å². The lowest BCUT2D eigenvalue weighted by atomic mass is 9.68. The average molecular weight is 2050 g/mol. The van der Waals surface area contributed by atoms with E-state index in [0.29, 0.717) is 154 Å². The maximum atomic E-state index is 12.7. The van der Waals surface area contributed by atoms with E-state index in [-0.39, 0.29) is 100 Å². The highest BCUT2D eigenvalue weighted by Gasteiger charge is 2.47. The average Bonchev–Trinajstić information content (AvgIpc) is 0.986. The lowest BCUT2D eigenvalue weighted by molar-refractivity contribution is -0.150. The van der Waals surface area contributed by atoms with Crippen LogP contribution in [-0.2, 0) is 52.7 Å². The van der Waals surface area contributed by atoms with Crippen LogP contribution in [-0.4, -0.2) is 303 Å². The zero-order valence-corrected chi connectivity index (χ0v) is 103. The molecule has 146 heavy (non-hydrogen) atoms. The smallest absolute Gasteiger partial charge is 0.258 e. The first-order valence-electron chi connectivity index (χ1n) is 57.5. The van der Waals surface area contributed by atoms with Crippen molar-refractivity contribution in [2.45, 2.75) is 500 Å². The van der Waals surface area contributed by atoms with E-state index in [9.17, 15) is 47.9 Å². The first-order valence-corrected chi connectivity index (χ1v) is 57.5. The Kier molecular flexibility index (Phi) is 52.4. The second-order valence-electron chi connectivity index (χ2n) is 59.2. The molecule has 0 aliphatic carbocycles. The van der Waals surface area contributed by atoms with Gasteiger partial charge in [-0.2, -0.15) is 0 Å². The summed E-state index contributed by atoms with van der Waals surface area (Å²) in [6.45, 7) is 117. The minimum absolute atomic E-state index is 0.00563. The van der Waals surface area contributed by atoms with Gasteiger partial charge in [-0.15, -0.1) is 0 Å². The predicted molar refractivity (Wildman–Crippen MR) is 606 cm³/mol. The molecule has 10 amide bonds. The van der Waals surface area contributed by atoms with Gasteiger partial charge in [-0.1, -0.05) is 289 Å². The third kappa shape index (κ3) is 48.4. The quantitative estimate of drug-likeness (QED) is 0.117. The van der Waals surface area contributed by atoms with Crippen LogP contribution in [0.3, 0.4) is 0 Å². The molecule has 11 fully saturated rings. The molecule has 12 aliphatic rings. The lowest BCUT2D eigenvalue weighted by Gasteiger charge is -2.47. The second kappa shape index (κ2) is 57.1. The van der Waals surface area contributed by atoms with E-state index in [1.54, 1.807) is 4.90 Å². The van der Waals surface area contributed by atoms with Crippen molar-refractivity contribution in [3.8, 4) is 0 Å². The highest BCUT2D eigenvalue weighted by atomic mass is 16.5. The molecule has 24 nitrogen and oxygen atoms in total. The van der Waals surface area contributed by atoms with Gasteiger partial charge in [0.15, 0.2) is 0 Å². The van der Waals surface area contributed by atoms with Gasteiger partial charge >= 0.3 is 0 Å². The SMILES string of the molecule is CC(C)(C)C(C)(C)C(=O)N1CCC1.CC(C)(C)CC(=O)N1CC(N2CCCCC2)C1.CC(C)(C)CC(=O)N1CC(N2CCOCC2)C1.CC(C)C1CCCN1C(=O)CC(C)(C)C.CC1(C)CCCN(C(=O)C(C)(C)C(C)(C)C)C1.CC1C=CC(C)N1C(=O)CC(C)(C)C.CCC1CCCN1C(=O)CC(C)(C)C.C[C@@H]1CCCN1C(=O)CC(C)(C)C.C[C@H]1CCCN1C(=O)CC(C)(C)C.[C-]#[N+]C1CN(C(=O)CC(C)(C)C)C1. The van der Waals surface area contributed by atoms with Gasteiger partial charge in [0, 0.05) is 202 Å². The fraction of sp³-hybridized carbons (Fsp3) is 0.893. The maximum Gasteiger partial charge on any atom is 0.258 e. The first-order chi connectivity index (χ1) is 66.4. The van der Waals surface area contributed by atoms with E-state index in [4.69, 9.17) is 11.3 Å². The Hall–Kier alpha value is -6.19. The topological polar surface area (TPSA) is 223 Å². The molecule has 0 saturated carbocycles. The highest BCUT2D eigenvalue weighted by molar-refractivity contribution is 5.85. The van der Waals surface area contributed by atoms with Crippen LogP contribution >= 0.6 is 0 Å². The third-order valence-corrected chi connectivity index (χ3v) is 31.0. The molecule has 0 N–H and O–H groups in total. The summed E-state index contributed by atoms with van der Waals surface area (Å²) in [5.74, 6) is 3.68. The summed E-state index contributed by atoms with van der Waals surface area (Å²) in [6, 6.07) is 3.75. The van der Waals surface area contributed by atoms with Crippen LogP contribution in [0.2, 0.25) is 0 Å². The molecular formula is C122H227N13O11. The predicted octanol–water partition coefficient (Wildman–Crippen LogP) is 24.0. The number of likely N-dealkylation sites (tertiary alicyclic amines) is 10. The van der Waals surface area contributed by atoms with E-state index in [0.717, 1.165) is 118 Å². The van der Waals surface area contributed by atoms with Crippen molar-refractivity contribution in [2.24, 2.45) is 76.3 Å². The minimum atomic E-state index is -0.291. The maximum absolute atomic E-state index is 12.7. The van der Waals surface area contributed by atoms with E-state index >= 15 is 0 Å². The molecule has 0 radical (unpaired) electrons. The van der Waals surface area contributed by atoms with Crippen LogP contribution in [0.5, 0.6) is 0 Å². The van der Waals surface area contributed by atoms with Gasteiger partial charge in [0.25, 0.3) is 6.04 Å². The largest absolute Gasteiger partial charge is 0.379 e. The highest BCUT2D eigenvalue weighted by Crippen LogP contribution is 2.44. The van der Waals surface area contributed by atoms with Crippen molar-refractivity contribution < 1.29 is 52.7 Å². The number of morpholine rings is 1. The molecule has 846 valence electrons. The molecule has 0 spiro atoms. The molecule has 0 aromatic carbocycles. The van der Waals surface area contributed by atoms with Gasteiger partial charge in [0.1, 0.15) is 0 Å². The number of piperidine rings is 2. The van der Waals surface area contributed by atoms with E-state index < -0.39 is 0 Å². The van der Waals surface area contributed by atoms with Crippen molar-refractivity contribution in [2.75, 3.05) is 131 Å². The first kappa shape index (κ1) is 134. The Morgan fingerprint density at radius 3 is 0.973 bits per heavy atom. The van der Waals surface area contributed by atoms with Crippen LogP contribution < -0.4 is 0 Å². The summed E-state index contributed by atoms with van der Waals surface area (Å²) in [4.78, 5) is 148. The Bertz CT molecular complexity index is 3960. The zero-order chi connectivity index (χ0) is 112. The van der Waals surface area contributed by atoms with Gasteiger partial charge in [-0.05, 0) is 196 Å². The lowest BCUT2D eigenvalue weighted by Crippen LogP contribution is -2.63. The molecule has 4 unspecified atom stereocenters. The second-order valence-corrected chi connectivity index (χ2v) is 59.2. The van der Waals surface area contributed by atoms with E-state index in [1.165, 1.54) is 96.6 Å². The molecule has 0 bridgehead atoms. The molecule has 0 aromatic heterocycles. The molecule has 0 aromatic rings. The third-order valence-electron chi connectivity index (χ3n) is 31.0. The van der Waals surface area contributed by atoms with E-state index in [1.807, 2.05) is 43.2 Å². The van der Waals surface area contributed by atoms with Crippen molar-refractivity contribution in [3.63, 3.8) is 0 Å². The number of carbonyl (C=O) groups excluding carboxylic acids is 10. The van der Waals surface area contributed by atoms with Crippen LogP contribution in [0.1, 0.15) is 445 Å². The molecule has 12 aliphatic heterocycles. The number of carbonyl (C=O) groups is 10. The number of hydrogen-bond acceptors (Lipinski definition) is 13. The standard InChI is InChI=1S/C15H29NO.C14H26N2O.C13H24N2O2.C13H25NO.C12H21NO.C12H23NO.3C11H21NO.C10H16N2O/c1-13(2,3)15(6,7)12(17)16-10-8-9-14(4,5)11-16;1-14(2,3)9-13(17)16-10-12(11-16)15-7-5-4-6-8-15;1-13(2,3)8-12(16)15-9-11(10-15)14-4-6-17-7-5-14;1-10(2)11-7-6-8-14(11)12(15)9-13(3,4)5;1-9-6-7-10(2)13(9)11(14)8-12(3,4)5;1-5-10-7-6-8-13(10)11(14)9-12(2,3)4;1-10(2,3)11(4,5)9(13)12-7-6-8-12;2*1-9-6-5-7-12(9)10(13)8-11(2,3)4;1-10(2,3)5-9(13)12-6-8(7-12)11-4/h8-11H2,1-7H3;12H,4-11H2,1-3H3;11H,4-10H2,1-3H3;10-11H,6-9H2,1-5H3;6-7,9-10H,8H2,1-5H3;10H,5-9H2,1-4H3;6-8H2,1-5H3;2*9H,5-8H2,1-4H3;8H,5-7H2,1-3H3/t;;;;;;;2*9-;/m.......10./s1. The van der Waals surface area contributed by atoms with Crippen molar-refractivity contribution in [3.05, 3.63) is 23.6 Å². The molecule has 6 atom stereocenters. The Labute approximate surface area is 896 Å². The number of amides is 10. The molecule has 12 rings (SSSR count). The van der Waals surface area contributed by atoms with Gasteiger partial charge in [-0.3, -0.25) is 57.7 Å². The van der Waals surface area contributed by atoms with Crippen molar-refractivity contribution in [1.29, 1.82) is 0 Å². The zero-order valence-electron chi connectivity index (χ0n) is 103. The fourth-order valence-electron chi connectivity index (χ4n) is 20.1. The molecule has 12 heterocycles. The number of hydrogen-bond donors (Lipinski definition) is 0. The van der Waals surface area contributed by atoms with Crippen LogP contribution in [0.15, 0.2) is 12.2 Å². The minimum Gasteiger partial charge on any atom is -0.379 e. The number of nitrogens with zero attached hydrogens (tertiary/aromatic N) is 13. The van der Waals surface area contributed by atoms with Gasteiger partial charge in [0.05, 0.1) is 26.3 Å². The Morgan fingerprint density at radius 1 is 0.342 bits per heavy atom. The molecule has 24 heteroatoms.